The van der Waals surface area contributed by atoms with E-state index in [9.17, 15) is 22.4 Å². The fourth-order valence-electron chi connectivity index (χ4n) is 2.36. The number of carbonyl (C=O) groups is 1. The first-order valence-electron chi connectivity index (χ1n) is 8.15. The molecular formula is C16H16F4N4O2S. The van der Waals surface area contributed by atoms with E-state index in [1.165, 1.54) is 17.8 Å². The number of rotatable bonds is 7. The van der Waals surface area contributed by atoms with Crippen molar-refractivity contribution in [2.75, 3.05) is 18.9 Å². The number of nitrogens with zero attached hydrogens (tertiary/aromatic N) is 3. The van der Waals surface area contributed by atoms with Crippen LogP contribution in [0.2, 0.25) is 0 Å². The van der Waals surface area contributed by atoms with Gasteiger partial charge < -0.3 is 10.1 Å². The Morgan fingerprint density at radius 3 is 2.70 bits per heavy atom. The average molecular weight is 404 g/mol. The Bertz CT molecular complexity index is 808. The first-order chi connectivity index (χ1) is 12.8. The van der Waals surface area contributed by atoms with Gasteiger partial charge in [-0.2, -0.15) is 13.2 Å². The van der Waals surface area contributed by atoms with Crippen molar-refractivity contribution >= 4 is 17.9 Å². The highest BCUT2D eigenvalue weighted by Crippen LogP contribution is 2.41. The molecule has 1 N–H and O–H groups in total. The summed E-state index contributed by atoms with van der Waals surface area (Å²) < 4.78 is 55.9. The predicted octanol–water partition coefficient (Wildman–Crippen LogP) is 3.80. The lowest BCUT2D eigenvalue weighted by Gasteiger charge is -2.10. The molecule has 1 aromatic carbocycles. The Labute approximate surface area is 156 Å². The van der Waals surface area contributed by atoms with Gasteiger partial charge in [0.2, 0.25) is 0 Å². The van der Waals surface area contributed by atoms with Crippen LogP contribution < -0.4 is 5.32 Å². The summed E-state index contributed by atoms with van der Waals surface area (Å²) in [5.41, 5.74) is 0.359. The van der Waals surface area contributed by atoms with Crippen LogP contribution in [0.15, 0.2) is 29.4 Å². The van der Waals surface area contributed by atoms with Crippen molar-refractivity contribution in [3.05, 3.63) is 30.1 Å². The maximum absolute atomic E-state index is 14.1. The number of thioether (sulfide) groups is 1. The number of ether oxygens (including phenoxy) is 1. The van der Waals surface area contributed by atoms with E-state index in [-0.39, 0.29) is 12.6 Å². The third-order valence-electron chi connectivity index (χ3n) is 3.66. The largest absolute Gasteiger partial charge is 0.440 e. The lowest BCUT2D eigenvalue weighted by molar-refractivity contribution is -0.160. The van der Waals surface area contributed by atoms with E-state index in [4.69, 9.17) is 0 Å². The number of amides is 1. The molecule has 1 aliphatic rings. The molecule has 0 aliphatic heterocycles. The van der Waals surface area contributed by atoms with Crippen LogP contribution in [0.25, 0.3) is 11.4 Å². The molecule has 3 rings (SSSR count). The fourth-order valence-corrected chi connectivity index (χ4v) is 3.22. The van der Waals surface area contributed by atoms with E-state index >= 15 is 0 Å². The zero-order chi connectivity index (χ0) is 19.4. The first-order valence-corrected chi connectivity index (χ1v) is 9.13. The van der Waals surface area contributed by atoms with Gasteiger partial charge in [0, 0.05) is 18.3 Å². The Balaban J connectivity index is 1.57. The van der Waals surface area contributed by atoms with Gasteiger partial charge in [0.15, 0.2) is 17.6 Å². The second kappa shape index (κ2) is 8.15. The Kier molecular flexibility index (Phi) is 5.88. The lowest BCUT2D eigenvalue weighted by atomic mass is 10.2. The number of nitrogens with one attached hydrogen (secondary N) is 1. The molecule has 1 heterocycles. The van der Waals surface area contributed by atoms with Crippen LogP contribution in [-0.2, 0) is 4.74 Å². The van der Waals surface area contributed by atoms with Gasteiger partial charge in [0.25, 0.3) is 0 Å². The zero-order valence-electron chi connectivity index (χ0n) is 14.0. The van der Waals surface area contributed by atoms with Crippen molar-refractivity contribution in [3.63, 3.8) is 0 Å². The zero-order valence-corrected chi connectivity index (χ0v) is 14.8. The van der Waals surface area contributed by atoms with Gasteiger partial charge in [-0.3, -0.25) is 4.57 Å². The highest BCUT2D eigenvalue weighted by molar-refractivity contribution is 7.99. The summed E-state index contributed by atoms with van der Waals surface area (Å²) in [7, 11) is 0. The molecule has 0 saturated heterocycles. The molecule has 0 atom stereocenters. The SMILES string of the molecule is O=C(NCCSc1nnc(-c2ccccc2F)n1C1CC1)OCC(F)(F)F. The van der Waals surface area contributed by atoms with Gasteiger partial charge in [0.1, 0.15) is 5.82 Å². The Morgan fingerprint density at radius 2 is 2.04 bits per heavy atom. The summed E-state index contributed by atoms with van der Waals surface area (Å²) in [4.78, 5) is 11.2. The minimum atomic E-state index is -4.56. The van der Waals surface area contributed by atoms with Crippen LogP contribution >= 0.6 is 11.8 Å². The monoisotopic (exact) mass is 404 g/mol. The smallest absolute Gasteiger partial charge is 0.422 e. The van der Waals surface area contributed by atoms with Gasteiger partial charge in [-0.15, -0.1) is 10.2 Å². The number of halogens is 4. The van der Waals surface area contributed by atoms with Crippen LogP contribution in [0.5, 0.6) is 0 Å². The molecule has 1 fully saturated rings. The molecule has 0 radical (unpaired) electrons. The summed E-state index contributed by atoms with van der Waals surface area (Å²) in [5, 5.41) is 11.0. The van der Waals surface area contributed by atoms with Gasteiger partial charge in [0.05, 0.1) is 5.56 Å². The van der Waals surface area contributed by atoms with Crippen molar-refractivity contribution in [1.29, 1.82) is 0 Å². The summed E-state index contributed by atoms with van der Waals surface area (Å²) in [6.45, 7) is -1.54. The van der Waals surface area contributed by atoms with E-state index < -0.39 is 24.7 Å². The van der Waals surface area contributed by atoms with Crippen LogP contribution in [0, 0.1) is 5.82 Å². The number of alkyl carbamates (subject to hydrolysis) is 1. The van der Waals surface area contributed by atoms with Crippen LogP contribution in [0.3, 0.4) is 0 Å². The van der Waals surface area contributed by atoms with Crippen LogP contribution in [-0.4, -0.2) is 45.9 Å². The third-order valence-corrected chi connectivity index (χ3v) is 4.61. The first kappa shape index (κ1) is 19.5. The molecule has 6 nitrogen and oxygen atoms in total. The van der Waals surface area contributed by atoms with E-state index in [0.29, 0.717) is 22.3 Å². The average Bonchev–Trinajstić information content (AvgIpc) is 3.37. The van der Waals surface area contributed by atoms with Crippen LogP contribution in [0.1, 0.15) is 18.9 Å². The molecule has 2 aromatic rings. The second-order valence-corrected chi connectivity index (χ2v) is 6.92. The van der Waals surface area contributed by atoms with Crippen molar-refractivity contribution in [3.8, 4) is 11.4 Å². The number of aromatic nitrogens is 3. The summed E-state index contributed by atoms with van der Waals surface area (Å²) >= 11 is 1.28. The molecule has 1 aromatic heterocycles. The number of carbonyl (C=O) groups excluding carboxylic acids is 1. The molecule has 0 unspecified atom stereocenters. The van der Waals surface area contributed by atoms with E-state index in [0.717, 1.165) is 12.8 Å². The van der Waals surface area contributed by atoms with E-state index in [1.54, 1.807) is 18.2 Å². The summed E-state index contributed by atoms with van der Waals surface area (Å²) in [6.07, 6.45) is -3.82. The maximum Gasteiger partial charge on any atom is 0.422 e. The summed E-state index contributed by atoms with van der Waals surface area (Å²) in [5.74, 6) is 0.400. The van der Waals surface area contributed by atoms with Crippen molar-refractivity contribution in [1.82, 2.24) is 20.1 Å². The second-order valence-electron chi connectivity index (χ2n) is 5.85. The summed E-state index contributed by atoms with van der Waals surface area (Å²) in [6, 6.07) is 6.49. The molecule has 11 heteroatoms. The molecule has 27 heavy (non-hydrogen) atoms. The highest BCUT2D eigenvalue weighted by Gasteiger charge is 2.31. The minimum Gasteiger partial charge on any atom is -0.440 e. The molecule has 1 amide bonds. The predicted molar refractivity (Wildman–Crippen MR) is 89.8 cm³/mol. The Hall–Kier alpha value is -2.30. The quantitative estimate of drug-likeness (QED) is 0.432. The van der Waals surface area contributed by atoms with Crippen molar-refractivity contribution < 1.29 is 27.1 Å². The lowest BCUT2D eigenvalue weighted by Crippen LogP contribution is -2.30. The molecule has 146 valence electrons. The molecule has 0 spiro atoms. The molecule has 1 saturated carbocycles. The fraction of sp³-hybridized carbons (Fsp3) is 0.438. The van der Waals surface area contributed by atoms with Gasteiger partial charge >= 0.3 is 12.3 Å². The Morgan fingerprint density at radius 1 is 1.30 bits per heavy atom. The molecule has 1 aliphatic carbocycles. The minimum absolute atomic E-state index is 0.0912. The standard InChI is InChI=1S/C16H16F4N4O2S/c17-12-4-2-1-3-11(12)13-22-23-14(24(13)10-5-6-10)27-8-7-21-15(25)26-9-16(18,19)20/h1-4,10H,5-9H2,(H,21,25). The van der Waals surface area contributed by atoms with Crippen molar-refractivity contribution in [2.45, 2.75) is 30.2 Å². The normalized spacial score (nSPS) is 14.2. The van der Waals surface area contributed by atoms with Crippen molar-refractivity contribution in [2.24, 2.45) is 0 Å². The number of alkyl halides is 3. The molecule has 0 bridgehead atoms. The number of benzene rings is 1. The van der Waals surface area contributed by atoms with E-state index in [1.807, 2.05) is 4.57 Å². The number of hydrogen-bond donors (Lipinski definition) is 1. The van der Waals surface area contributed by atoms with Crippen LogP contribution in [0.4, 0.5) is 22.4 Å². The number of hydrogen-bond acceptors (Lipinski definition) is 5. The van der Waals surface area contributed by atoms with Gasteiger partial charge in [-0.1, -0.05) is 23.9 Å². The maximum atomic E-state index is 14.1. The third kappa shape index (κ3) is 5.34. The van der Waals surface area contributed by atoms with Gasteiger partial charge in [-0.05, 0) is 25.0 Å². The topological polar surface area (TPSA) is 69.0 Å². The highest BCUT2D eigenvalue weighted by atomic mass is 32.2. The van der Waals surface area contributed by atoms with Gasteiger partial charge in [-0.25, -0.2) is 9.18 Å². The molecular weight excluding hydrogens is 388 g/mol. The van der Waals surface area contributed by atoms with E-state index in [2.05, 4.69) is 20.3 Å².